The second-order valence-electron chi connectivity index (χ2n) is 15.6. The molecule has 2 aromatic heterocycles. The molecule has 4 heteroatoms. The normalized spacial score (nSPS) is 11.6. The highest BCUT2D eigenvalue weighted by Crippen LogP contribution is 2.45. The molecule has 0 aliphatic carbocycles. The maximum atomic E-state index is 5.15. The van der Waals surface area contributed by atoms with Gasteiger partial charge >= 0.3 is 0 Å². The SMILES string of the molecule is c1ccc(-c2cccc(N(c3ccc(-c4cc5ccccc5c5ccc6nc(-c7ccccc7)sc6c45)cc3)c3ccc4c5ccccc5n(-c5ccccc5)c4c3)c2)cc1. The van der Waals surface area contributed by atoms with Gasteiger partial charge in [-0.25, -0.2) is 4.98 Å². The van der Waals surface area contributed by atoms with Gasteiger partial charge in [0, 0.05) is 44.5 Å². The Kier molecular flexibility index (Phi) is 8.36. The summed E-state index contributed by atoms with van der Waals surface area (Å²) in [4.78, 5) is 7.55. The van der Waals surface area contributed by atoms with Gasteiger partial charge in [-0.15, -0.1) is 11.3 Å². The van der Waals surface area contributed by atoms with E-state index in [-0.39, 0.29) is 0 Å². The minimum atomic E-state index is 1.03. The summed E-state index contributed by atoms with van der Waals surface area (Å²) in [5.41, 5.74) is 13.6. The summed E-state index contributed by atoms with van der Waals surface area (Å²) < 4.78 is 3.60. The first-order valence-electron chi connectivity index (χ1n) is 20.7. The highest BCUT2D eigenvalue weighted by Gasteiger charge is 2.20. The second kappa shape index (κ2) is 14.5. The molecule has 12 aromatic rings. The van der Waals surface area contributed by atoms with Crippen molar-refractivity contribution in [1.82, 2.24) is 9.55 Å². The van der Waals surface area contributed by atoms with Gasteiger partial charge in [0.1, 0.15) is 5.01 Å². The van der Waals surface area contributed by atoms with E-state index in [0.717, 1.165) is 44.4 Å². The van der Waals surface area contributed by atoms with Gasteiger partial charge in [0.25, 0.3) is 0 Å². The fourth-order valence-corrected chi connectivity index (χ4v) is 10.3. The monoisotopic (exact) mass is 795 g/mol. The van der Waals surface area contributed by atoms with E-state index in [1.54, 1.807) is 11.3 Å². The zero-order chi connectivity index (χ0) is 40.3. The van der Waals surface area contributed by atoms with Crippen LogP contribution in [0.5, 0.6) is 0 Å². The number of aromatic nitrogens is 2. The van der Waals surface area contributed by atoms with Crippen LogP contribution in [0, 0.1) is 0 Å². The van der Waals surface area contributed by atoms with E-state index < -0.39 is 0 Å². The van der Waals surface area contributed by atoms with Crippen LogP contribution in [0.3, 0.4) is 0 Å². The van der Waals surface area contributed by atoms with Gasteiger partial charge in [-0.2, -0.15) is 0 Å². The fourth-order valence-electron chi connectivity index (χ4n) is 9.16. The highest BCUT2D eigenvalue weighted by molar-refractivity contribution is 7.22. The molecule has 0 radical (unpaired) electrons. The van der Waals surface area contributed by atoms with Crippen LogP contribution in [0.15, 0.2) is 224 Å². The van der Waals surface area contributed by atoms with Gasteiger partial charge in [-0.3, -0.25) is 0 Å². The molecule has 0 spiro atoms. The lowest BCUT2D eigenvalue weighted by Gasteiger charge is -2.26. The molecule has 0 unspecified atom stereocenters. The fraction of sp³-hybridized carbons (Fsp3) is 0. The summed E-state index contributed by atoms with van der Waals surface area (Å²) in [6.45, 7) is 0. The predicted molar refractivity (Wildman–Crippen MR) is 260 cm³/mol. The summed E-state index contributed by atoms with van der Waals surface area (Å²) in [5.74, 6) is 0. The first-order chi connectivity index (χ1) is 30.2. The van der Waals surface area contributed by atoms with Crippen molar-refractivity contribution in [3.63, 3.8) is 0 Å². The summed E-state index contributed by atoms with van der Waals surface area (Å²) in [5, 5.41) is 8.47. The van der Waals surface area contributed by atoms with Crippen molar-refractivity contribution in [2.75, 3.05) is 4.90 Å². The molecule has 12 rings (SSSR count). The predicted octanol–water partition coefficient (Wildman–Crippen LogP) is 16.2. The van der Waals surface area contributed by atoms with Gasteiger partial charge in [0.15, 0.2) is 0 Å². The van der Waals surface area contributed by atoms with Gasteiger partial charge < -0.3 is 9.47 Å². The molecule has 0 N–H and O–H groups in total. The van der Waals surface area contributed by atoms with Crippen molar-refractivity contribution in [2.45, 2.75) is 0 Å². The van der Waals surface area contributed by atoms with Crippen molar-refractivity contribution < 1.29 is 0 Å². The highest BCUT2D eigenvalue weighted by atomic mass is 32.1. The zero-order valence-electron chi connectivity index (χ0n) is 33.1. The van der Waals surface area contributed by atoms with Crippen molar-refractivity contribution in [1.29, 1.82) is 0 Å². The molecule has 0 bridgehead atoms. The lowest BCUT2D eigenvalue weighted by molar-refractivity contribution is 1.18. The molecule has 0 aliphatic rings. The topological polar surface area (TPSA) is 21.1 Å². The number of rotatable bonds is 7. The molecular weight excluding hydrogens is 759 g/mol. The van der Waals surface area contributed by atoms with Crippen LogP contribution >= 0.6 is 11.3 Å². The average molecular weight is 796 g/mol. The van der Waals surface area contributed by atoms with Crippen LogP contribution in [-0.4, -0.2) is 9.55 Å². The van der Waals surface area contributed by atoms with E-state index in [1.807, 2.05) is 0 Å². The van der Waals surface area contributed by atoms with Crippen LogP contribution in [0.2, 0.25) is 0 Å². The van der Waals surface area contributed by atoms with Crippen LogP contribution in [0.25, 0.3) is 92.1 Å². The maximum absolute atomic E-state index is 5.15. The molecule has 0 atom stereocenters. The van der Waals surface area contributed by atoms with Crippen LogP contribution in [0.4, 0.5) is 17.1 Å². The summed E-state index contributed by atoms with van der Waals surface area (Å²) in [7, 11) is 0. The lowest BCUT2D eigenvalue weighted by Crippen LogP contribution is -2.10. The zero-order valence-corrected chi connectivity index (χ0v) is 33.9. The van der Waals surface area contributed by atoms with Crippen LogP contribution in [0.1, 0.15) is 0 Å². The third kappa shape index (κ3) is 5.99. The Morgan fingerprint density at radius 1 is 0.393 bits per heavy atom. The van der Waals surface area contributed by atoms with Gasteiger partial charge in [-0.05, 0) is 105 Å². The third-order valence-corrected chi connectivity index (χ3v) is 13.1. The molecular formula is C57H37N3S. The summed E-state index contributed by atoms with van der Waals surface area (Å²) >= 11 is 1.78. The van der Waals surface area contributed by atoms with Crippen molar-refractivity contribution in [3.05, 3.63) is 224 Å². The Morgan fingerprint density at radius 2 is 1.02 bits per heavy atom. The van der Waals surface area contributed by atoms with Crippen LogP contribution in [-0.2, 0) is 0 Å². The van der Waals surface area contributed by atoms with Gasteiger partial charge in [0.05, 0.1) is 21.3 Å². The molecule has 0 saturated heterocycles. The Labute approximate surface area is 357 Å². The van der Waals surface area contributed by atoms with E-state index in [2.05, 4.69) is 234 Å². The quantitative estimate of drug-likeness (QED) is 0.150. The van der Waals surface area contributed by atoms with Crippen molar-refractivity contribution in [3.8, 4) is 38.5 Å². The molecule has 3 nitrogen and oxygen atoms in total. The van der Waals surface area contributed by atoms with E-state index in [0.29, 0.717) is 0 Å². The lowest BCUT2D eigenvalue weighted by atomic mass is 9.93. The Bertz CT molecular complexity index is 3570. The summed E-state index contributed by atoms with van der Waals surface area (Å²) in [6.07, 6.45) is 0. The number of fused-ring (bicyclic) bond motifs is 8. The van der Waals surface area contributed by atoms with E-state index >= 15 is 0 Å². The smallest absolute Gasteiger partial charge is 0.124 e. The van der Waals surface area contributed by atoms with E-state index in [9.17, 15) is 0 Å². The Hall–Kier alpha value is -7.79. The minimum absolute atomic E-state index is 1.03. The van der Waals surface area contributed by atoms with Crippen LogP contribution < -0.4 is 4.90 Å². The number of hydrogen-bond acceptors (Lipinski definition) is 3. The Morgan fingerprint density at radius 3 is 1.82 bits per heavy atom. The molecule has 10 aromatic carbocycles. The van der Waals surface area contributed by atoms with E-state index in [4.69, 9.17) is 4.98 Å². The first-order valence-corrected chi connectivity index (χ1v) is 21.5. The van der Waals surface area contributed by atoms with Gasteiger partial charge in [-0.1, -0.05) is 158 Å². The summed E-state index contributed by atoms with van der Waals surface area (Å²) in [6, 6.07) is 81.1. The number of hydrogen-bond donors (Lipinski definition) is 0. The first kappa shape index (κ1) is 35.2. The minimum Gasteiger partial charge on any atom is -0.310 e. The standard InChI is InChI=1S/C57H37N3S/c1-4-15-38(16-5-1)41-20-14-23-45(35-41)59(46-31-32-49-48-25-12-13-26-53(48)60(54(49)37-46)43-21-8-3-9-22-43)44-29-27-39(28-30-44)51-36-42-19-10-11-24-47(42)50-33-34-52-56(55(50)51)61-57(58-52)40-17-6-2-7-18-40/h1-37H. The van der Waals surface area contributed by atoms with Crippen molar-refractivity contribution in [2.24, 2.45) is 0 Å². The maximum Gasteiger partial charge on any atom is 0.124 e. The van der Waals surface area contributed by atoms with E-state index in [1.165, 1.54) is 64.8 Å². The molecule has 0 aliphatic heterocycles. The molecule has 0 amide bonds. The number of thiazole rings is 1. The third-order valence-electron chi connectivity index (χ3n) is 12.0. The largest absolute Gasteiger partial charge is 0.310 e. The number of benzene rings is 10. The van der Waals surface area contributed by atoms with Gasteiger partial charge in [0.2, 0.25) is 0 Å². The molecule has 0 fully saturated rings. The number of nitrogens with zero attached hydrogens (tertiary/aromatic N) is 3. The molecule has 61 heavy (non-hydrogen) atoms. The number of anilines is 3. The number of para-hydroxylation sites is 2. The average Bonchev–Trinajstić information content (AvgIpc) is 3.92. The molecule has 0 saturated carbocycles. The Balaban J connectivity index is 1.05. The second-order valence-corrected chi connectivity index (χ2v) is 16.6. The molecule has 2 heterocycles. The molecule has 286 valence electrons. The van der Waals surface area contributed by atoms with Crippen molar-refractivity contribution >= 4 is 82.0 Å².